The molecular weight excluding hydrogens is 945 g/mol. The van der Waals surface area contributed by atoms with E-state index in [1.54, 1.807) is 4.72 Å². The molecule has 0 aliphatic carbocycles. The number of nitro groups is 1. The number of carboxylic acids is 1. The number of carbonyl (C=O) groups excluding carboxylic acids is 2. The molecule has 4 aromatic rings. The molecular formula is C37H41Cl2F3N5O13PS2. The monoisotopic (exact) mass is 985 g/mol. The molecule has 4 rings (SSSR count). The quantitative estimate of drug-likeness (QED) is 0.0204. The molecule has 3 aromatic carbocycles. The third-order valence-electron chi connectivity index (χ3n) is 7.46. The summed E-state index contributed by atoms with van der Waals surface area (Å²) in [5.74, 6) is -1.72. The van der Waals surface area contributed by atoms with Crippen LogP contribution in [0.2, 0.25) is 10.2 Å². The van der Waals surface area contributed by atoms with Gasteiger partial charge in [-0.2, -0.15) is 13.2 Å². The van der Waals surface area contributed by atoms with Gasteiger partial charge in [-0.15, -0.1) is 10.2 Å². The SMILES string of the molecule is CCCCCCCCSC(=O)Oc1cc(Cl)nnc1-c1ccccc1.CS(=O)(=O)NC(=O)c1cc(Oc2ccc(C(F)(F)F)cc2Cl)ccc1[N+](=O)[O-].O=C(O)CNCP(=O)(O)O. The van der Waals surface area contributed by atoms with Crippen LogP contribution in [0.1, 0.15) is 61.4 Å². The summed E-state index contributed by atoms with van der Waals surface area (Å²) in [5, 5.41) is 28.5. The van der Waals surface area contributed by atoms with E-state index in [2.05, 4.69) is 22.4 Å². The summed E-state index contributed by atoms with van der Waals surface area (Å²) in [7, 11) is -8.10. The summed E-state index contributed by atoms with van der Waals surface area (Å²) >= 11 is 12.9. The third-order valence-corrected chi connectivity index (χ3v) is 9.94. The molecule has 5 N–H and O–H groups in total. The number of halogens is 5. The number of carboxylic acid groups (broad SMARTS) is 1. The number of unbranched alkanes of at least 4 members (excludes halogenated alkanes) is 5. The molecule has 18 nitrogen and oxygen atoms in total. The number of aromatic nitrogens is 2. The maximum Gasteiger partial charge on any atom is 0.416 e. The van der Waals surface area contributed by atoms with Crippen LogP contribution < -0.4 is 19.5 Å². The van der Waals surface area contributed by atoms with Crippen molar-refractivity contribution in [2.75, 3.05) is 24.8 Å². The summed E-state index contributed by atoms with van der Waals surface area (Å²) in [6, 6.07) is 16.1. The predicted octanol–water partition coefficient (Wildman–Crippen LogP) is 8.93. The molecule has 63 heavy (non-hydrogen) atoms. The zero-order valence-corrected chi connectivity index (χ0v) is 37.3. The predicted molar refractivity (Wildman–Crippen MR) is 229 cm³/mol. The van der Waals surface area contributed by atoms with Crippen molar-refractivity contribution in [3.05, 3.63) is 104 Å². The maximum atomic E-state index is 12.7. The molecule has 1 aromatic heterocycles. The second-order valence-corrected chi connectivity index (χ2v) is 18.0. The van der Waals surface area contributed by atoms with Gasteiger partial charge in [-0.1, -0.05) is 92.6 Å². The fraction of sp³-hybridized carbons (Fsp3) is 0.324. The molecule has 0 bridgehead atoms. The van der Waals surface area contributed by atoms with Crippen molar-refractivity contribution in [1.29, 1.82) is 0 Å². The lowest BCUT2D eigenvalue weighted by atomic mass is 10.1. The number of ether oxygens (including phenoxy) is 2. The zero-order chi connectivity index (χ0) is 47.4. The first-order valence-electron chi connectivity index (χ1n) is 18.2. The molecule has 0 unspecified atom stereocenters. The molecule has 26 heteroatoms. The molecule has 0 saturated heterocycles. The fourth-order valence-electron chi connectivity index (χ4n) is 4.72. The van der Waals surface area contributed by atoms with E-state index in [1.807, 2.05) is 30.3 Å². The molecule has 0 aliphatic rings. The summed E-state index contributed by atoms with van der Waals surface area (Å²) < 4.78 is 82.8. The minimum absolute atomic E-state index is 0.189. The number of sulfonamides is 1. The highest BCUT2D eigenvalue weighted by atomic mass is 35.5. The van der Waals surface area contributed by atoms with Crippen molar-refractivity contribution in [2.45, 2.75) is 51.6 Å². The largest absolute Gasteiger partial charge is 0.480 e. The number of nitrogens with zero attached hydrogens (tertiary/aromatic N) is 3. The Bertz CT molecular complexity index is 2350. The number of hydrogen-bond acceptors (Lipinski definition) is 14. The molecule has 0 radical (unpaired) electrons. The van der Waals surface area contributed by atoms with Gasteiger partial charge in [0.25, 0.3) is 11.6 Å². The highest BCUT2D eigenvalue weighted by Gasteiger charge is 2.31. The van der Waals surface area contributed by atoms with Gasteiger partial charge in [-0.3, -0.25) is 29.6 Å². The van der Waals surface area contributed by atoms with Crippen LogP contribution in [0.15, 0.2) is 72.8 Å². The van der Waals surface area contributed by atoms with Gasteiger partial charge in [0, 0.05) is 29.5 Å². The van der Waals surface area contributed by atoms with E-state index in [4.69, 9.17) is 47.6 Å². The van der Waals surface area contributed by atoms with E-state index in [0.717, 1.165) is 48.4 Å². The van der Waals surface area contributed by atoms with Crippen molar-refractivity contribution >= 4 is 75.4 Å². The molecule has 0 aliphatic heterocycles. The minimum Gasteiger partial charge on any atom is -0.480 e. The average Bonchev–Trinajstić information content (AvgIpc) is 3.17. The van der Waals surface area contributed by atoms with E-state index in [1.165, 1.54) is 43.5 Å². The first kappa shape index (κ1) is 54.3. The number of nitrogens with one attached hydrogen (secondary N) is 2. The Labute approximate surface area is 373 Å². The Morgan fingerprint density at radius 2 is 1.59 bits per heavy atom. The van der Waals surface area contributed by atoms with E-state index >= 15 is 0 Å². The van der Waals surface area contributed by atoms with Gasteiger partial charge < -0.3 is 24.4 Å². The number of thioether (sulfide) groups is 1. The highest BCUT2D eigenvalue weighted by molar-refractivity contribution is 8.13. The lowest BCUT2D eigenvalue weighted by Gasteiger charge is -2.12. The third kappa shape index (κ3) is 21.9. The summed E-state index contributed by atoms with van der Waals surface area (Å²) in [5.41, 5.74) is -1.00. The first-order chi connectivity index (χ1) is 29.4. The molecule has 344 valence electrons. The lowest BCUT2D eigenvalue weighted by molar-refractivity contribution is -0.385. The van der Waals surface area contributed by atoms with Gasteiger partial charge in [0.1, 0.15) is 22.8 Å². The molecule has 0 saturated carbocycles. The summed E-state index contributed by atoms with van der Waals surface area (Å²) in [6.45, 7) is 1.76. The highest BCUT2D eigenvalue weighted by Crippen LogP contribution is 2.37. The van der Waals surface area contributed by atoms with Gasteiger partial charge in [0.2, 0.25) is 10.0 Å². The van der Waals surface area contributed by atoms with Gasteiger partial charge in [-0.25, -0.2) is 17.9 Å². The number of carbonyl (C=O) groups is 3. The summed E-state index contributed by atoms with van der Waals surface area (Å²) in [6.07, 6.45) is 2.66. The number of nitro benzene ring substituents is 1. The van der Waals surface area contributed by atoms with Crippen molar-refractivity contribution in [3.63, 3.8) is 0 Å². The molecule has 0 spiro atoms. The first-order valence-corrected chi connectivity index (χ1v) is 23.6. The van der Waals surface area contributed by atoms with Crippen LogP contribution in [0.5, 0.6) is 17.2 Å². The zero-order valence-electron chi connectivity index (χ0n) is 33.2. The topological polar surface area (TPSA) is 275 Å². The smallest absolute Gasteiger partial charge is 0.416 e. The molecule has 0 fully saturated rings. The normalized spacial score (nSPS) is 11.3. The lowest BCUT2D eigenvalue weighted by Crippen LogP contribution is -2.29. The Morgan fingerprint density at radius 3 is 2.16 bits per heavy atom. The Hall–Kier alpha value is -4.87. The standard InChI is InChI=1S/C19H23ClN2O2S.C15H10ClF3N2O6S.C3H8NO5P/c1-2-3-4-5-6-10-13-25-19(23)24-16-14-17(20)21-22-18(16)15-11-8-7-9-12-15;1-28(25,26)20-14(22)10-7-9(3-4-12(10)21(23)24)27-13-5-2-8(6-11(13)16)15(17,18)19;5-3(6)1-4-2-10(7,8)9/h7-9,11-12,14H,2-6,10,13H2,1H3;2-7H,1H3,(H,20,22);4H,1-2H2,(H,5,6)(H2,7,8,9). The molecule has 0 atom stereocenters. The number of hydrogen-bond donors (Lipinski definition) is 5. The molecule has 1 amide bonds. The van der Waals surface area contributed by atoms with Gasteiger partial charge >= 0.3 is 25.0 Å². The number of rotatable bonds is 18. The number of alkyl halides is 3. The second kappa shape index (κ2) is 26.0. The molecule has 1 heterocycles. The Morgan fingerprint density at radius 1 is 0.937 bits per heavy atom. The van der Waals surface area contributed by atoms with Crippen molar-refractivity contribution in [1.82, 2.24) is 20.2 Å². The fourth-order valence-corrected chi connectivity index (χ4v) is 6.59. The number of amides is 1. The van der Waals surface area contributed by atoms with Gasteiger partial charge in [0.15, 0.2) is 10.9 Å². The van der Waals surface area contributed by atoms with Gasteiger partial charge in [-0.05, 0) is 42.4 Å². The van der Waals surface area contributed by atoms with E-state index in [0.29, 0.717) is 29.8 Å². The number of aliphatic carboxylic acids is 1. The maximum absolute atomic E-state index is 12.7. The van der Waals surface area contributed by atoms with Crippen LogP contribution in [-0.2, 0) is 25.6 Å². The van der Waals surface area contributed by atoms with Crippen molar-refractivity contribution in [3.8, 4) is 28.5 Å². The van der Waals surface area contributed by atoms with Crippen LogP contribution in [0.4, 0.5) is 23.7 Å². The van der Waals surface area contributed by atoms with Crippen LogP contribution in [0.3, 0.4) is 0 Å². The second-order valence-electron chi connectivity index (χ2n) is 12.7. The Balaban J connectivity index is 0.000000359. The van der Waals surface area contributed by atoms with E-state index < -0.39 is 75.3 Å². The van der Waals surface area contributed by atoms with E-state index in [9.17, 15) is 50.7 Å². The van der Waals surface area contributed by atoms with Crippen LogP contribution in [0.25, 0.3) is 11.3 Å². The number of benzene rings is 3. The van der Waals surface area contributed by atoms with Crippen LogP contribution in [-0.4, -0.2) is 80.4 Å². The summed E-state index contributed by atoms with van der Waals surface area (Å²) in [4.78, 5) is 60.4. The minimum atomic E-state index is -4.62. The van der Waals surface area contributed by atoms with Crippen molar-refractivity contribution < 1.29 is 69.8 Å². The van der Waals surface area contributed by atoms with Crippen LogP contribution in [0, 0.1) is 10.1 Å². The Kier molecular flexibility index (Phi) is 22.4. The van der Waals surface area contributed by atoms with Gasteiger partial charge in [0.05, 0.1) is 34.6 Å². The van der Waals surface area contributed by atoms with Crippen LogP contribution >= 0.6 is 42.6 Å². The van der Waals surface area contributed by atoms with E-state index in [-0.39, 0.29) is 22.0 Å². The average molecular weight is 987 g/mol. The van der Waals surface area contributed by atoms with Crippen molar-refractivity contribution in [2.24, 2.45) is 0 Å².